The molecule has 126 valence electrons. The van der Waals surface area contributed by atoms with Gasteiger partial charge in [-0.3, -0.25) is 0 Å². The molecule has 1 aliphatic rings. The van der Waals surface area contributed by atoms with E-state index < -0.39 is 15.7 Å². The smallest absolute Gasteiger partial charge is 0.178 e. The summed E-state index contributed by atoms with van der Waals surface area (Å²) in [4.78, 5) is -0.245. The molecular weight excluding hydrogens is 391 g/mol. The Bertz CT molecular complexity index is 946. The van der Waals surface area contributed by atoms with Crippen LogP contribution in [-0.2, 0) is 9.84 Å². The van der Waals surface area contributed by atoms with Crippen molar-refractivity contribution < 1.29 is 12.8 Å². The minimum absolute atomic E-state index is 0.245. The van der Waals surface area contributed by atoms with Crippen LogP contribution >= 0.6 is 15.9 Å². The molecule has 2 aromatic rings. The molecule has 5 heteroatoms. The molecule has 2 aromatic carbocycles. The molecule has 24 heavy (non-hydrogen) atoms. The maximum Gasteiger partial charge on any atom is 0.178 e. The Morgan fingerprint density at radius 3 is 2.12 bits per heavy atom. The van der Waals surface area contributed by atoms with Crippen LogP contribution in [0.25, 0.3) is 11.1 Å². The third-order valence-corrected chi connectivity index (χ3v) is 6.42. The van der Waals surface area contributed by atoms with Crippen molar-refractivity contribution >= 4 is 36.9 Å². The van der Waals surface area contributed by atoms with Gasteiger partial charge in [-0.2, -0.15) is 0 Å². The zero-order valence-electron chi connectivity index (χ0n) is 13.6. The van der Waals surface area contributed by atoms with Gasteiger partial charge in [0.25, 0.3) is 0 Å². The second kappa shape index (κ2) is 6.45. The Morgan fingerprint density at radius 1 is 1.00 bits per heavy atom. The summed E-state index contributed by atoms with van der Waals surface area (Å²) in [7, 11) is -3.55. The molecule has 0 unspecified atom stereocenters. The van der Waals surface area contributed by atoms with Crippen molar-refractivity contribution in [3.8, 4) is 0 Å². The summed E-state index contributed by atoms with van der Waals surface area (Å²) in [6.45, 7) is 2.04. The molecule has 0 saturated heterocycles. The van der Waals surface area contributed by atoms with E-state index in [0.29, 0.717) is 0 Å². The number of sulfone groups is 1. The monoisotopic (exact) mass is 408 g/mol. The minimum atomic E-state index is -3.55. The van der Waals surface area contributed by atoms with Crippen molar-refractivity contribution in [1.82, 2.24) is 0 Å². The topological polar surface area (TPSA) is 34.1 Å². The standard InChI is InChI=1S/C19H18BrFO2S/c1-12-10-13(6-8-17(12)20)15-4-3-5-16(15)14-7-9-19(18(21)11-14)24(2,22)23/h6-11H,3-5H2,1-2H3. The molecule has 0 fully saturated rings. The molecule has 0 atom stereocenters. The summed E-state index contributed by atoms with van der Waals surface area (Å²) in [6, 6.07) is 10.7. The van der Waals surface area contributed by atoms with Gasteiger partial charge in [0, 0.05) is 10.7 Å². The van der Waals surface area contributed by atoms with Gasteiger partial charge in [0.15, 0.2) is 9.84 Å². The predicted octanol–water partition coefficient (Wildman–Crippen LogP) is 5.39. The Morgan fingerprint density at radius 2 is 1.58 bits per heavy atom. The Kier molecular flexibility index (Phi) is 4.67. The summed E-state index contributed by atoms with van der Waals surface area (Å²) in [5.41, 5.74) is 5.40. The molecule has 2 nitrogen and oxygen atoms in total. The number of hydrogen-bond acceptors (Lipinski definition) is 2. The highest BCUT2D eigenvalue weighted by molar-refractivity contribution is 9.10. The molecule has 0 N–H and O–H groups in total. The minimum Gasteiger partial charge on any atom is -0.224 e. The zero-order valence-corrected chi connectivity index (χ0v) is 16.0. The van der Waals surface area contributed by atoms with Gasteiger partial charge in [-0.05, 0) is 72.2 Å². The largest absolute Gasteiger partial charge is 0.224 e. The second-order valence-electron chi connectivity index (χ2n) is 6.19. The van der Waals surface area contributed by atoms with E-state index in [1.54, 1.807) is 6.07 Å². The maximum atomic E-state index is 14.2. The summed E-state index contributed by atoms with van der Waals surface area (Å²) in [5, 5.41) is 0. The van der Waals surface area contributed by atoms with Gasteiger partial charge < -0.3 is 0 Å². The van der Waals surface area contributed by atoms with Gasteiger partial charge in [-0.15, -0.1) is 0 Å². The van der Waals surface area contributed by atoms with E-state index >= 15 is 0 Å². The van der Waals surface area contributed by atoms with Crippen LogP contribution in [0.2, 0.25) is 0 Å². The van der Waals surface area contributed by atoms with E-state index in [-0.39, 0.29) is 4.90 Å². The normalized spacial score (nSPS) is 15.2. The highest BCUT2D eigenvalue weighted by atomic mass is 79.9. The average molecular weight is 409 g/mol. The first kappa shape index (κ1) is 17.4. The van der Waals surface area contributed by atoms with Gasteiger partial charge in [0.05, 0.1) is 0 Å². The first-order valence-electron chi connectivity index (χ1n) is 7.76. The molecule has 3 rings (SSSR count). The van der Waals surface area contributed by atoms with Crippen LogP contribution in [0.5, 0.6) is 0 Å². The SMILES string of the molecule is Cc1cc(C2=C(c3ccc(S(C)(=O)=O)c(F)c3)CCC2)ccc1Br. The lowest BCUT2D eigenvalue weighted by Crippen LogP contribution is -2.01. The lowest BCUT2D eigenvalue weighted by Gasteiger charge is -2.11. The number of rotatable bonds is 3. The van der Waals surface area contributed by atoms with E-state index in [9.17, 15) is 12.8 Å². The van der Waals surface area contributed by atoms with E-state index in [4.69, 9.17) is 0 Å². The number of allylic oxidation sites excluding steroid dienone is 2. The number of halogens is 2. The molecule has 0 radical (unpaired) electrons. The third-order valence-electron chi connectivity index (χ3n) is 4.40. The molecular formula is C19H18BrFO2S. The summed E-state index contributed by atoms with van der Waals surface area (Å²) < 4.78 is 38.5. The van der Waals surface area contributed by atoms with Crippen molar-refractivity contribution in [3.05, 3.63) is 63.4 Å². The molecule has 0 saturated carbocycles. The first-order chi connectivity index (χ1) is 11.3. The van der Waals surface area contributed by atoms with Crippen LogP contribution in [0.3, 0.4) is 0 Å². The predicted molar refractivity (Wildman–Crippen MR) is 99.1 cm³/mol. The fraction of sp³-hybridized carbons (Fsp3) is 0.263. The molecule has 0 amide bonds. The fourth-order valence-corrected chi connectivity index (χ4v) is 4.18. The molecule has 0 aromatic heterocycles. The second-order valence-corrected chi connectivity index (χ2v) is 9.03. The van der Waals surface area contributed by atoms with Gasteiger partial charge >= 0.3 is 0 Å². The number of benzene rings is 2. The fourth-order valence-electron chi connectivity index (χ4n) is 3.20. The Hall–Kier alpha value is -1.46. The highest BCUT2D eigenvalue weighted by Gasteiger charge is 2.20. The van der Waals surface area contributed by atoms with Gasteiger partial charge in [-0.1, -0.05) is 34.1 Å². The van der Waals surface area contributed by atoms with E-state index in [1.165, 1.54) is 17.7 Å². The van der Waals surface area contributed by atoms with Gasteiger partial charge in [0.2, 0.25) is 0 Å². The lowest BCUT2D eigenvalue weighted by atomic mass is 9.96. The summed E-state index contributed by atoms with van der Waals surface area (Å²) in [6.07, 6.45) is 3.87. The molecule has 0 bridgehead atoms. The highest BCUT2D eigenvalue weighted by Crippen LogP contribution is 2.40. The molecule has 0 heterocycles. The van der Waals surface area contributed by atoms with E-state index in [1.807, 2.05) is 13.0 Å². The number of hydrogen-bond donors (Lipinski definition) is 0. The maximum absolute atomic E-state index is 14.2. The quantitative estimate of drug-likeness (QED) is 0.681. The van der Waals surface area contributed by atoms with Crippen LogP contribution < -0.4 is 0 Å². The van der Waals surface area contributed by atoms with Crippen molar-refractivity contribution in [2.24, 2.45) is 0 Å². The van der Waals surface area contributed by atoms with Crippen molar-refractivity contribution in [1.29, 1.82) is 0 Å². The van der Waals surface area contributed by atoms with Gasteiger partial charge in [-0.25, -0.2) is 12.8 Å². The van der Waals surface area contributed by atoms with Crippen molar-refractivity contribution in [3.63, 3.8) is 0 Å². The molecule has 1 aliphatic carbocycles. The lowest BCUT2D eigenvalue weighted by molar-refractivity contribution is 0.570. The van der Waals surface area contributed by atoms with Gasteiger partial charge in [0.1, 0.15) is 10.7 Å². The van der Waals surface area contributed by atoms with Crippen molar-refractivity contribution in [2.75, 3.05) is 6.26 Å². The van der Waals surface area contributed by atoms with Crippen LogP contribution in [0, 0.1) is 12.7 Å². The summed E-state index contributed by atoms with van der Waals surface area (Å²) >= 11 is 3.51. The van der Waals surface area contributed by atoms with Crippen LogP contribution in [0.1, 0.15) is 36.0 Å². The van der Waals surface area contributed by atoms with Crippen LogP contribution in [0.4, 0.5) is 4.39 Å². The third kappa shape index (κ3) is 3.33. The van der Waals surface area contributed by atoms with Crippen LogP contribution in [-0.4, -0.2) is 14.7 Å². The van der Waals surface area contributed by atoms with E-state index in [2.05, 4.69) is 28.1 Å². The number of aryl methyl sites for hydroxylation is 1. The average Bonchev–Trinajstić information content (AvgIpc) is 2.98. The molecule has 0 aliphatic heterocycles. The summed E-state index contributed by atoms with van der Waals surface area (Å²) in [5.74, 6) is -0.680. The van der Waals surface area contributed by atoms with E-state index in [0.717, 1.165) is 52.3 Å². The Labute approximate surface area is 150 Å². The first-order valence-corrected chi connectivity index (χ1v) is 10.4. The van der Waals surface area contributed by atoms with Crippen LogP contribution in [0.15, 0.2) is 45.8 Å². The molecule has 0 spiro atoms. The Balaban J connectivity index is 2.09. The zero-order chi connectivity index (χ0) is 17.5. The van der Waals surface area contributed by atoms with Crippen molar-refractivity contribution in [2.45, 2.75) is 31.1 Å².